The zero-order valence-corrected chi connectivity index (χ0v) is 29.8. The van der Waals surface area contributed by atoms with Crippen molar-refractivity contribution >= 4 is 0 Å². The minimum atomic E-state index is -0.543. The zero-order valence-electron chi connectivity index (χ0n) is 29.8. The van der Waals surface area contributed by atoms with E-state index in [1.54, 1.807) is 0 Å². The summed E-state index contributed by atoms with van der Waals surface area (Å²) in [6, 6.07) is -0.474. The van der Waals surface area contributed by atoms with Crippen molar-refractivity contribution in [2.45, 2.75) is 250 Å². The Labute approximate surface area is 272 Å². The molecule has 3 heteroatoms. The average molecular weight is 610 g/mol. The molecule has 3 nitrogen and oxygen atoms in total. The second kappa shape index (κ2) is 38.1. The topological polar surface area (TPSA) is 66.5 Å². The fraction of sp³-hybridized carbons (Fsp3) is 1.00. The molecule has 0 aliphatic heterocycles. The number of hydrogen-bond donors (Lipinski definition) is 3. The van der Waals surface area contributed by atoms with E-state index in [0.717, 1.165) is 12.8 Å². The van der Waals surface area contributed by atoms with E-state index in [2.05, 4.69) is 6.92 Å². The first kappa shape index (κ1) is 42.9. The van der Waals surface area contributed by atoms with E-state index < -0.39 is 12.1 Å². The molecule has 0 saturated heterocycles. The van der Waals surface area contributed by atoms with Gasteiger partial charge in [-0.15, -0.1) is 0 Å². The fourth-order valence-electron chi connectivity index (χ4n) is 6.60. The number of nitrogens with two attached hydrogens (primary N) is 1. The highest BCUT2D eigenvalue weighted by Crippen LogP contribution is 2.17. The Balaban J connectivity index is 3.07. The van der Waals surface area contributed by atoms with E-state index in [0.29, 0.717) is 0 Å². The monoisotopic (exact) mass is 610 g/mol. The third-order valence-electron chi connectivity index (χ3n) is 9.81. The average Bonchev–Trinajstić information content (AvgIpc) is 3.02. The Hall–Kier alpha value is -0.120. The van der Waals surface area contributed by atoms with Gasteiger partial charge >= 0.3 is 0 Å². The fourth-order valence-corrected chi connectivity index (χ4v) is 6.60. The SMILES string of the molecule is CCCCCCCCCCCCCCCCCCCCCCCCCCCCCCCCCCCCC[C@@H](O)[C@@H](N)CO. The Morgan fingerprint density at radius 2 is 0.535 bits per heavy atom. The molecule has 0 unspecified atom stereocenters. The molecular weight excluding hydrogens is 526 g/mol. The van der Waals surface area contributed by atoms with Crippen molar-refractivity contribution in [2.75, 3.05) is 6.61 Å². The predicted molar refractivity (Wildman–Crippen MR) is 193 cm³/mol. The largest absolute Gasteiger partial charge is 0.395 e. The van der Waals surface area contributed by atoms with Gasteiger partial charge in [0.1, 0.15) is 0 Å². The van der Waals surface area contributed by atoms with Crippen LogP contribution in [0.4, 0.5) is 0 Å². The van der Waals surface area contributed by atoms with Crippen LogP contribution in [0.5, 0.6) is 0 Å². The van der Waals surface area contributed by atoms with Gasteiger partial charge in [-0.3, -0.25) is 0 Å². The molecule has 260 valence electrons. The maximum Gasteiger partial charge on any atom is 0.0713 e. The summed E-state index contributed by atoms with van der Waals surface area (Å²) in [4.78, 5) is 0. The van der Waals surface area contributed by atoms with Crippen LogP contribution >= 0.6 is 0 Å². The first-order valence-electron chi connectivity index (χ1n) is 20.3. The predicted octanol–water partition coefficient (Wildman–Crippen LogP) is 12.7. The Kier molecular flexibility index (Phi) is 38.0. The molecule has 0 saturated carbocycles. The van der Waals surface area contributed by atoms with Gasteiger partial charge in [-0.1, -0.05) is 232 Å². The summed E-state index contributed by atoms with van der Waals surface area (Å²) in [5, 5.41) is 18.7. The molecule has 0 aliphatic rings. The number of hydrogen-bond acceptors (Lipinski definition) is 3. The zero-order chi connectivity index (χ0) is 31.3. The number of aliphatic hydroxyl groups is 2. The van der Waals surface area contributed by atoms with Crippen LogP contribution in [0, 0.1) is 0 Å². The van der Waals surface area contributed by atoms with Crippen molar-refractivity contribution < 1.29 is 10.2 Å². The molecule has 0 aromatic rings. The lowest BCUT2D eigenvalue weighted by molar-refractivity contribution is 0.0990. The quantitative estimate of drug-likeness (QED) is 0.0610. The lowest BCUT2D eigenvalue weighted by atomic mass is 10.0. The first-order valence-corrected chi connectivity index (χ1v) is 20.3. The molecule has 0 aromatic heterocycles. The van der Waals surface area contributed by atoms with Crippen molar-refractivity contribution in [3.8, 4) is 0 Å². The molecule has 0 aliphatic carbocycles. The van der Waals surface area contributed by atoms with Gasteiger partial charge in [-0.05, 0) is 6.42 Å². The van der Waals surface area contributed by atoms with Crippen molar-refractivity contribution in [2.24, 2.45) is 5.73 Å². The summed E-state index contributed by atoms with van der Waals surface area (Å²) in [6.45, 7) is 2.18. The second-order valence-electron chi connectivity index (χ2n) is 14.2. The highest BCUT2D eigenvalue weighted by atomic mass is 16.3. The summed E-state index contributed by atoms with van der Waals surface area (Å²) >= 11 is 0. The van der Waals surface area contributed by atoms with Crippen LogP contribution < -0.4 is 5.73 Å². The number of rotatable bonds is 38. The summed E-state index contributed by atoms with van der Waals surface area (Å²) in [5.41, 5.74) is 5.64. The summed E-state index contributed by atoms with van der Waals surface area (Å²) in [6.07, 6.45) is 50.1. The molecule has 2 atom stereocenters. The minimum absolute atomic E-state index is 0.124. The molecular formula is C40H83NO2. The molecule has 0 aromatic carbocycles. The van der Waals surface area contributed by atoms with Gasteiger partial charge in [0.05, 0.1) is 18.8 Å². The minimum Gasteiger partial charge on any atom is -0.395 e. The number of unbranched alkanes of at least 4 members (excludes halogenated alkanes) is 34. The first-order chi connectivity index (χ1) is 21.2. The van der Waals surface area contributed by atoms with E-state index in [1.807, 2.05) is 0 Å². The van der Waals surface area contributed by atoms with Crippen LogP contribution in [-0.4, -0.2) is 29.0 Å². The summed E-state index contributed by atoms with van der Waals surface area (Å²) in [7, 11) is 0. The van der Waals surface area contributed by atoms with Gasteiger partial charge in [0, 0.05) is 0 Å². The molecule has 4 N–H and O–H groups in total. The molecule has 0 radical (unpaired) electrons. The van der Waals surface area contributed by atoms with Gasteiger partial charge in [-0.2, -0.15) is 0 Å². The van der Waals surface area contributed by atoms with Gasteiger partial charge in [-0.25, -0.2) is 0 Å². The normalized spacial score (nSPS) is 13.1. The lowest BCUT2D eigenvalue weighted by Crippen LogP contribution is -2.37. The molecule has 0 rings (SSSR count). The van der Waals surface area contributed by atoms with Crippen LogP contribution in [0.3, 0.4) is 0 Å². The third-order valence-corrected chi connectivity index (χ3v) is 9.81. The smallest absolute Gasteiger partial charge is 0.0713 e. The van der Waals surface area contributed by atoms with Gasteiger partial charge < -0.3 is 15.9 Å². The van der Waals surface area contributed by atoms with Gasteiger partial charge in [0.25, 0.3) is 0 Å². The second-order valence-corrected chi connectivity index (χ2v) is 14.2. The molecule has 0 heterocycles. The van der Waals surface area contributed by atoms with Crippen molar-refractivity contribution in [1.82, 2.24) is 0 Å². The van der Waals surface area contributed by atoms with E-state index in [9.17, 15) is 5.11 Å². The molecule has 43 heavy (non-hydrogen) atoms. The standard InChI is InChI=1S/C40H83NO2/c1-2-3-4-5-6-7-8-9-10-11-12-13-14-15-16-17-18-19-20-21-22-23-24-25-26-27-28-29-30-31-32-33-34-35-36-37-40(43)39(41)38-42/h39-40,42-43H,2-38,41H2,1H3/t39-,40+/m0/s1. The van der Waals surface area contributed by atoms with Crippen LogP contribution in [0.2, 0.25) is 0 Å². The maximum absolute atomic E-state index is 9.75. The van der Waals surface area contributed by atoms with Gasteiger partial charge in [0.2, 0.25) is 0 Å². The number of aliphatic hydroxyl groups excluding tert-OH is 2. The van der Waals surface area contributed by atoms with Gasteiger partial charge in [0.15, 0.2) is 0 Å². The third kappa shape index (κ3) is 36.2. The van der Waals surface area contributed by atoms with E-state index in [1.165, 1.54) is 218 Å². The van der Waals surface area contributed by atoms with E-state index in [4.69, 9.17) is 10.8 Å². The summed E-state index contributed by atoms with van der Waals surface area (Å²) < 4.78 is 0. The molecule has 0 amide bonds. The van der Waals surface area contributed by atoms with Crippen molar-refractivity contribution in [3.05, 3.63) is 0 Å². The van der Waals surface area contributed by atoms with E-state index in [-0.39, 0.29) is 6.61 Å². The van der Waals surface area contributed by atoms with Crippen LogP contribution in [0.25, 0.3) is 0 Å². The Bertz CT molecular complexity index is 485. The van der Waals surface area contributed by atoms with Crippen LogP contribution in [-0.2, 0) is 0 Å². The van der Waals surface area contributed by atoms with Crippen LogP contribution in [0.1, 0.15) is 238 Å². The Morgan fingerprint density at radius 3 is 0.721 bits per heavy atom. The van der Waals surface area contributed by atoms with Crippen molar-refractivity contribution in [1.29, 1.82) is 0 Å². The summed E-state index contributed by atoms with van der Waals surface area (Å²) in [5.74, 6) is 0. The lowest BCUT2D eigenvalue weighted by Gasteiger charge is -2.15. The highest BCUT2D eigenvalue weighted by Gasteiger charge is 2.12. The molecule has 0 spiro atoms. The van der Waals surface area contributed by atoms with Crippen molar-refractivity contribution in [3.63, 3.8) is 0 Å². The van der Waals surface area contributed by atoms with E-state index >= 15 is 0 Å². The van der Waals surface area contributed by atoms with Crippen LogP contribution in [0.15, 0.2) is 0 Å². The maximum atomic E-state index is 9.75. The molecule has 0 fully saturated rings. The Morgan fingerprint density at radius 1 is 0.349 bits per heavy atom. The highest BCUT2D eigenvalue weighted by molar-refractivity contribution is 4.70. The molecule has 0 bridgehead atoms.